The van der Waals surface area contributed by atoms with Crippen molar-refractivity contribution in [2.45, 2.75) is 57.9 Å². The Morgan fingerprint density at radius 2 is 2.38 bits per heavy atom. The van der Waals surface area contributed by atoms with Crippen molar-refractivity contribution in [3.8, 4) is 0 Å². The van der Waals surface area contributed by atoms with E-state index in [1.54, 1.807) is 5.56 Å². The summed E-state index contributed by atoms with van der Waals surface area (Å²) in [6.07, 6.45) is 5.23. The molecule has 1 aromatic heterocycles. The van der Waals surface area contributed by atoms with Crippen molar-refractivity contribution in [3.05, 3.63) is 21.9 Å². The fourth-order valence-electron chi connectivity index (χ4n) is 2.79. The van der Waals surface area contributed by atoms with Gasteiger partial charge < -0.3 is 5.32 Å². The first-order chi connectivity index (χ1) is 7.64. The van der Waals surface area contributed by atoms with Gasteiger partial charge in [0.05, 0.1) is 0 Å². The summed E-state index contributed by atoms with van der Waals surface area (Å²) in [6, 6.07) is 3.12. The van der Waals surface area contributed by atoms with Crippen molar-refractivity contribution in [2.75, 3.05) is 6.54 Å². The summed E-state index contributed by atoms with van der Waals surface area (Å²) >= 11 is 1.89. The van der Waals surface area contributed by atoms with Gasteiger partial charge in [-0.2, -0.15) is 0 Å². The molecule has 0 amide bonds. The van der Waals surface area contributed by atoms with Gasteiger partial charge in [-0.05, 0) is 61.6 Å². The van der Waals surface area contributed by atoms with E-state index in [0.717, 1.165) is 6.04 Å². The maximum atomic E-state index is 3.67. The van der Waals surface area contributed by atoms with E-state index in [-0.39, 0.29) is 0 Å². The van der Waals surface area contributed by atoms with Gasteiger partial charge >= 0.3 is 0 Å². The molecule has 1 aliphatic carbocycles. The molecule has 1 heterocycles. The molecule has 0 aliphatic heterocycles. The Bertz CT molecular complexity index is 344. The lowest BCUT2D eigenvalue weighted by atomic mass is 9.82. The second-order valence-electron chi connectivity index (χ2n) is 5.40. The summed E-state index contributed by atoms with van der Waals surface area (Å²) in [4.78, 5) is 1.45. The number of rotatable bonds is 4. The third-order valence-electron chi connectivity index (χ3n) is 3.85. The molecular formula is C14H23NS. The van der Waals surface area contributed by atoms with E-state index in [1.165, 1.54) is 37.1 Å². The molecule has 1 saturated carbocycles. The van der Waals surface area contributed by atoms with Crippen LogP contribution in [0.3, 0.4) is 0 Å². The molecule has 1 aromatic rings. The average molecular weight is 237 g/mol. The maximum absolute atomic E-state index is 3.67. The van der Waals surface area contributed by atoms with E-state index < -0.39 is 0 Å². The summed E-state index contributed by atoms with van der Waals surface area (Å²) in [5, 5.41) is 6.03. The van der Waals surface area contributed by atoms with Crippen LogP contribution >= 0.6 is 11.3 Å². The Morgan fingerprint density at radius 3 is 3.00 bits per heavy atom. The van der Waals surface area contributed by atoms with E-state index in [1.807, 2.05) is 11.3 Å². The fourth-order valence-corrected chi connectivity index (χ4v) is 3.65. The second-order valence-corrected chi connectivity index (χ2v) is 6.52. The van der Waals surface area contributed by atoms with E-state index in [4.69, 9.17) is 0 Å². The van der Waals surface area contributed by atoms with Crippen LogP contribution in [0.2, 0.25) is 0 Å². The minimum atomic E-state index is 0.427. The van der Waals surface area contributed by atoms with Gasteiger partial charge in [-0.15, -0.1) is 11.3 Å². The Balaban J connectivity index is 2.00. The van der Waals surface area contributed by atoms with Crippen LogP contribution in [-0.4, -0.2) is 12.6 Å². The molecule has 90 valence electrons. The molecule has 2 atom stereocenters. The molecule has 16 heavy (non-hydrogen) atoms. The smallest absolute Gasteiger partial charge is 0.00757 e. The van der Waals surface area contributed by atoms with Crippen molar-refractivity contribution in [3.63, 3.8) is 0 Å². The van der Waals surface area contributed by atoms with Crippen LogP contribution in [0.4, 0.5) is 0 Å². The molecule has 0 spiro atoms. The summed E-state index contributed by atoms with van der Waals surface area (Å²) < 4.78 is 0. The summed E-state index contributed by atoms with van der Waals surface area (Å²) in [5.41, 5.74) is 1.99. The summed E-state index contributed by atoms with van der Waals surface area (Å²) in [7, 11) is 0. The van der Waals surface area contributed by atoms with Gasteiger partial charge in [0.15, 0.2) is 0 Å². The van der Waals surface area contributed by atoms with Crippen molar-refractivity contribution < 1.29 is 0 Å². The highest BCUT2D eigenvalue weighted by molar-refractivity contribution is 7.10. The Labute approximate surface area is 103 Å². The molecular weight excluding hydrogens is 214 g/mol. The Hall–Kier alpha value is -0.340. The topological polar surface area (TPSA) is 12.0 Å². The number of nitrogens with one attached hydrogen (secondary N) is 1. The SMILES string of the molecule is CCCNC1CCC(C)(c2csc(C)c2)C1. The third-order valence-corrected chi connectivity index (χ3v) is 4.71. The Kier molecular flexibility index (Phi) is 3.70. The zero-order valence-corrected chi connectivity index (χ0v) is 11.5. The first kappa shape index (κ1) is 12.1. The summed E-state index contributed by atoms with van der Waals surface area (Å²) in [5.74, 6) is 0. The normalized spacial score (nSPS) is 29.8. The molecule has 2 heteroatoms. The highest BCUT2D eigenvalue weighted by Crippen LogP contribution is 2.42. The molecule has 2 rings (SSSR count). The van der Waals surface area contributed by atoms with Gasteiger partial charge in [-0.3, -0.25) is 0 Å². The van der Waals surface area contributed by atoms with Crippen LogP contribution in [0.25, 0.3) is 0 Å². The predicted molar refractivity (Wildman–Crippen MR) is 72.3 cm³/mol. The standard InChI is InChI=1S/C14H23NS/c1-4-7-15-13-5-6-14(3,9-13)12-8-11(2)16-10-12/h8,10,13,15H,4-7,9H2,1-3H3. The predicted octanol–water partition coefficient (Wildman–Crippen LogP) is 3.87. The van der Waals surface area contributed by atoms with Crippen LogP contribution in [0.15, 0.2) is 11.4 Å². The molecule has 0 radical (unpaired) electrons. The van der Waals surface area contributed by atoms with Crippen LogP contribution in [0.5, 0.6) is 0 Å². The maximum Gasteiger partial charge on any atom is 0.00757 e. The fraction of sp³-hybridized carbons (Fsp3) is 0.714. The van der Waals surface area contributed by atoms with Gasteiger partial charge in [0.1, 0.15) is 0 Å². The van der Waals surface area contributed by atoms with Gasteiger partial charge in [-0.25, -0.2) is 0 Å². The monoisotopic (exact) mass is 237 g/mol. The number of hydrogen-bond donors (Lipinski definition) is 1. The quantitative estimate of drug-likeness (QED) is 0.838. The van der Waals surface area contributed by atoms with E-state index in [9.17, 15) is 0 Å². The van der Waals surface area contributed by atoms with E-state index in [0.29, 0.717) is 5.41 Å². The molecule has 2 unspecified atom stereocenters. The molecule has 1 N–H and O–H groups in total. The van der Waals surface area contributed by atoms with Gasteiger partial charge in [0, 0.05) is 10.9 Å². The van der Waals surface area contributed by atoms with Crippen LogP contribution in [-0.2, 0) is 5.41 Å². The first-order valence-corrected chi connectivity index (χ1v) is 7.31. The van der Waals surface area contributed by atoms with Crippen molar-refractivity contribution in [1.82, 2.24) is 5.32 Å². The average Bonchev–Trinajstić information content (AvgIpc) is 2.83. The van der Waals surface area contributed by atoms with Crippen LogP contribution in [0.1, 0.15) is 50.0 Å². The molecule has 0 saturated heterocycles. The van der Waals surface area contributed by atoms with Gasteiger partial charge in [-0.1, -0.05) is 13.8 Å². The largest absolute Gasteiger partial charge is 0.314 e. The highest BCUT2D eigenvalue weighted by atomic mass is 32.1. The lowest BCUT2D eigenvalue weighted by Crippen LogP contribution is -2.29. The zero-order valence-electron chi connectivity index (χ0n) is 10.7. The van der Waals surface area contributed by atoms with Crippen LogP contribution < -0.4 is 5.32 Å². The number of thiophene rings is 1. The minimum Gasteiger partial charge on any atom is -0.314 e. The lowest BCUT2D eigenvalue weighted by Gasteiger charge is -2.23. The number of aryl methyl sites for hydroxylation is 1. The van der Waals surface area contributed by atoms with Gasteiger partial charge in [0.2, 0.25) is 0 Å². The van der Waals surface area contributed by atoms with E-state index in [2.05, 4.69) is 37.5 Å². The molecule has 1 fully saturated rings. The van der Waals surface area contributed by atoms with Crippen molar-refractivity contribution in [1.29, 1.82) is 0 Å². The molecule has 1 aliphatic rings. The highest BCUT2D eigenvalue weighted by Gasteiger charge is 2.36. The molecule has 0 bridgehead atoms. The third kappa shape index (κ3) is 2.49. The Morgan fingerprint density at radius 1 is 1.56 bits per heavy atom. The molecule has 0 aromatic carbocycles. The lowest BCUT2D eigenvalue weighted by molar-refractivity contribution is 0.453. The second kappa shape index (κ2) is 4.89. The zero-order chi connectivity index (χ0) is 11.6. The molecule has 1 nitrogen and oxygen atoms in total. The van der Waals surface area contributed by atoms with Crippen molar-refractivity contribution in [2.24, 2.45) is 0 Å². The minimum absolute atomic E-state index is 0.427. The summed E-state index contributed by atoms with van der Waals surface area (Å²) in [6.45, 7) is 8.05. The van der Waals surface area contributed by atoms with E-state index >= 15 is 0 Å². The van der Waals surface area contributed by atoms with Crippen molar-refractivity contribution >= 4 is 11.3 Å². The number of hydrogen-bond acceptors (Lipinski definition) is 2. The van der Waals surface area contributed by atoms with Gasteiger partial charge in [0.25, 0.3) is 0 Å². The first-order valence-electron chi connectivity index (χ1n) is 6.43. The van der Waals surface area contributed by atoms with Crippen LogP contribution in [0, 0.1) is 6.92 Å².